The van der Waals surface area contributed by atoms with Crippen LogP contribution in [0.2, 0.25) is 0 Å². The van der Waals surface area contributed by atoms with Crippen LogP contribution < -0.4 is 0 Å². The Morgan fingerprint density at radius 1 is 1.20 bits per heavy atom. The summed E-state index contributed by atoms with van der Waals surface area (Å²) in [7, 11) is -4.24. The van der Waals surface area contributed by atoms with Crippen LogP contribution in [0.15, 0.2) is 0 Å². The minimum absolute atomic E-state index is 0.841. The Balaban J connectivity index is 3.79. The smallest absolute Gasteiger partial charge is 0.276 e. The summed E-state index contributed by atoms with van der Waals surface area (Å²) >= 11 is 0. The van der Waals surface area contributed by atoms with Gasteiger partial charge in [-0.2, -0.15) is 8.42 Å². The molecule has 0 rings (SSSR count). The van der Waals surface area contributed by atoms with E-state index in [2.05, 4.69) is 0 Å². The highest BCUT2D eigenvalue weighted by Gasteiger charge is 2.21. The molecule has 62 valence electrons. The number of hydrogen-bond donors (Lipinski definition) is 4. The van der Waals surface area contributed by atoms with Crippen LogP contribution in [-0.2, 0) is 10.1 Å². The molecule has 0 heterocycles. The van der Waals surface area contributed by atoms with Crippen molar-refractivity contribution in [3.05, 3.63) is 0 Å². The molecule has 0 aromatic carbocycles. The van der Waals surface area contributed by atoms with Gasteiger partial charge in [-0.25, -0.2) is 0 Å². The van der Waals surface area contributed by atoms with Crippen molar-refractivity contribution in [1.29, 1.82) is 0 Å². The highest BCUT2D eigenvalue weighted by molar-refractivity contribution is 7.85. The fraction of sp³-hybridized carbons (Fsp3) is 1.00. The van der Waals surface area contributed by atoms with Crippen LogP contribution in [0.1, 0.15) is 6.42 Å². The molecule has 0 saturated heterocycles. The predicted octanol–water partition coefficient (Wildman–Crippen LogP) is -2.10. The van der Waals surface area contributed by atoms with Gasteiger partial charge >= 0.3 is 0 Å². The van der Waals surface area contributed by atoms with Gasteiger partial charge in [0.15, 0.2) is 0 Å². The third-order valence-corrected chi connectivity index (χ3v) is 1.42. The van der Waals surface area contributed by atoms with E-state index in [4.69, 9.17) is 19.9 Å². The zero-order valence-corrected chi connectivity index (χ0v) is 5.74. The second kappa shape index (κ2) is 2.81. The first-order chi connectivity index (χ1) is 4.21. The molecule has 0 aliphatic heterocycles. The first kappa shape index (κ1) is 9.79. The summed E-state index contributed by atoms with van der Waals surface area (Å²) in [5.41, 5.74) is 0. The van der Waals surface area contributed by atoms with Gasteiger partial charge in [-0.3, -0.25) is 4.55 Å². The largest absolute Gasteiger partial charge is 0.344 e. The molecular weight excluding hydrogens is 164 g/mol. The van der Waals surface area contributed by atoms with Crippen LogP contribution in [0.3, 0.4) is 0 Å². The molecule has 10 heavy (non-hydrogen) atoms. The standard InChI is InChI=1S/C3H8O6S/c4-3(5,6)1-2-10(7,8)9/h4-6H,1-2H2,(H,7,8,9). The van der Waals surface area contributed by atoms with E-state index in [-0.39, 0.29) is 0 Å². The molecule has 6 nitrogen and oxygen atoms in total. The Labute approximate surface area is 57.5 Å². The molecule has 0 bridgehead atoms. The van der Waals surface area contributed by atoms with E-state index in [1.165, 1.54) is 0 Å². The molecule has 0 radical (unpaired) electrons. The van der Waals surface area contributed by atoms with E-state index in [9.17, 15) is 8.42 Å². The molecule has 0 atom stereocenters. The maximum Gasteiger partial charge on any atom is 0.276 e. The third kappa shape index (κ3) is 7.79. The summed E-state index contributed by atoms with van der Waals surface area (Å²) in [4.78, 5) is 0. The predicted molar refractivity (Wildman–Crippen MR) is 30.4 cm³/mol. The third-order valence-electron chi connectivity index (χ3n) is 0.695. The quantitative estimate of drug-likeness (QED) is 0.286. The molecule has 0 unspecified atom stereocenters. The van der Waals surface area contributed by atoms with Gasteiger partial charge in [0.25, 0.3) is 16.1 Å². The Hall–Kier alpha value is -0.210. The Morgan fingerprint density at radius 3 is 1.70 bits per heavy atom. The lowest BCUT2D eigenvalue weighted by Crippen LogP contribution is -2.29. The summed E-state index contributed by atoms with van der Waals surface area (Å²) in [6.45, 7) is 0. The summed E-state index contributed by atoms with van der Waals surface area (Å²) in [5.74, 6) is -3.92. The summed E-state index contributed by atoms with van der Waals surface area (Å²) in [6.07, 6.45) is -0.841. The molecule has 0 fully saturated rings. The molecule has 0 spiro atoms. The van der Waals surface area contributed by atoms with Crippen molar-refractivity contribution in [1.82, 2.24) is 0 Å². The van der Waals surface area contributed by atoms with Crippen LogP contribution in [0.4, 0.5) is 0 Å². The molecule has 0 aromatic heterocycles. The van der Waals surface area contributed by atoms with Crippen molar-refractivity contribution in [3.63, 3.8) is 0 Å². The van der Waals surface area contributed by atoms with Crippen molar-refractivity contribution in [2.75, 3.05) is 5.75 Å². The first-order valence-corrected chi connectivity index (χ1v) is 3.94. The highest BCUT2D eigenvalue weighted by Crippen LogP contribution is 2.01. The van der Waals surface area contributed by atoms with Gasteiger partial charge in [-0.05, 0) is 0 Å². The van der Waals surface area contributed by atoms with E-state index in [0.29, 0.717) is 0 Å². The second-order valence-electron chi connectivity index (χ2n) is 1.81. The van der Waals surface area contributed by atoms with Crippen molar-refractivity contribution < 1.29 is 28.3 Å². The topological polar surface area (TPSA) is 115 Å². The number of hydrogen-bond acceptors (Lipinski definition) is 5. The van der Waals surface area contributed by atoms with Gasteiger partial charge in [-0.1, -0.05) is 0 Å². The van der Waals surface area contributed by atoms with E-state index in [0.717, 1.165) is 0 Å². The average Bonchev–Trinajstić information content (AvgIpc) is 1.57. The monoisotopic (exact) mass is 172 g/mol. The van der Waals surface area contributed by atoms with Crippen LogP contribution in [0.25, 0.3) is 0 Å². The molecule has 0 amide bonds. The molecule has 0 aromatic rings. The summed E-state index contributed by atoms with van der Waals surface area (Å²) in [6, 6.07) is 0. The van der Waals surface area contributed by atoms with Crippen molar-refractivity contribution in [2.45, 2.75) is 12.4 Å². The van der Waals surface area contributed by atoms with Crippen molar-refractivity contribution in [2.24, 2.45) is 0 Å². The van der Waals surface area contributed by atoms with Gasteiger partial charge in [0.2, 0.25) is 0 Å². The van der Waals surface area contributed by atoms with Gasteiger partial charge in [0.05, 0.1) is 5.75 Å². The summed E-state index contributed by atoms with van der Waals surface area (Å²) in [5, 5.41) is 24.3. The van der Waals surface area contributed by atoms with E-state index >= 15 is 0 Å². The number of aliphatic hydroxyl groups is 3. The molecule has 7 heteroatoms. The van der Waals surface area contributed by atoms with Crippen LogP contribution >= 0.6 is 0 Å². The maximum absolute atomic E-state index is 9.90. The molecule has 0 aliphatic carbocycles. The van der Waals surface area contributed by atoms with Gasteiger partial charge < -0.3 is 15.3 Å². The molecule has 4 N–H and O–H groups in total. The Bertz CT molecular complexity index is 186. The summed E-state index contributed by atoms with van der Waals surface area (Å²) < 4.78 is 27.8. The van der Waals surface area contributed by atoms with E-state index in [1.807, 2.05) is 0 Å². The number of rotatable bonds is 3. The van der Waals surface area contributed by atoms with Gasteiger partial charge in [0.1, 0.15) is 0 Å². The van der Waals surface area contributed by atoms with Crippen LogP contribution in [0, 0.1) is 0 Å². The molecule has 0 saturated carbocycles. The minimum atomic E-state index is -4.24. The normalized spacial score (nSPS) is 13.6. The lowest BCUT2D eigenvalue weighted by molar-refractivity contribution is -0.311. The minimum Gasteiger partial charge on any atom is -0.344 e. The van der Waals surface area contributed by atoms with Crippen LogP contribution in [-0.4, -0.2) is 40.0 Å². The van der Waals surface area contributed by atoms with E-state index in [1.54, 1.807) is 0 Å². The van der Waals surface area contributed by atoms with Crippen LogP contribution in [0.5, 0.6) is 0 Å². The molecule has 0 aliphatic rings. The Kier molecular flexibility index (Phi) is 2.75. The lowest BCUT2D eigenvalue weighted by atomic mass is 10.4. The van der Waals surface area contributed by atoms with Crippen molar-refractivity contribution >= 4 is 10.1 Å². The van der Waals surface area contributed by atoms with E-state index < -0.39 is 28.3 Å². The maximum atomic E-state index is 9.90. The van der Waals surface area contributed by atoms with Gasteiger partial charge in [-0.15, -0.1) is 0 Å². The van der Waals surface area contributed by atoms with Gasteiger partial charge in [0, 0.05) is 6.42 Å². The molecular formula is C3H8O6S. The zero-order valence-electron chi connectivity index (χ0n) is 4.93. The SMILES string of the molecule is O=S(=O)(O)CCC(O)(O)O. The highest BCUT2D eigenvalue weighted by atomic mass is 32.2. The van der Waals surface area contributed by atoms with Crippen molar-refractivity contribution in [3.8, 4) is 0 Å². The fourth-order valence-electron chi connectivity index (χ4n) is 0.266. The lowest BCUT2D eigenvalue weighted by Gasteiger charge is -2.11. The second-order valence-corrected chi connectivity index (χ2v) is 3.38. The average molecular weight is 172 g/mol. The Morgan fingerprint density at radius 2 is 1.60 bits per heavy atom. The zero-order chi connectivity index (χ0) is 8.41. The first-order valence-electron chi connectivity index (χ1n) is 2.33. The fourth-order valence-corrected chi connectivity index (χ4v) is 0.798.